The third kappa shape index (κ3) is 8.19. The molecule has 0 radical (unpaired) electrons. The lowest BCUT2D eigenvalue weighted by atomic mass is 10.2. The molecule has 1 amide bonds. The number of aryl methyl sites for hydroxylation is 1. The number of nitrogens with one attached hydrogen (secondary N) is 2. The highest BCUT2D eigenvalue weighted by Crippen LogP contribution is 2.20. The van der Waals surface area contributed by atoms with Crippen LogP contribution in [0.15, 0.2) is 45.2 Å². The van der Waals surface area contributed by atoms with E-state index in [2.05, 4.69) is 37.6 Å². The Kier molecular flexibility index (Phi) is 10.1. The van der Waals surface area contributed by atoms with Gasteiger partial charge in [0.1, 0.15) is 0 Å². The Hall–Kier alpha value is -1.13. The molecule has 0 aliphatic rings. The van der Waals surface area contributed by atoms with E-state index in [0.29, 0.717) is 25.5 Å². The van der Waals surface area contributed by atoms with Crippen molar-refractivity contribution >= 4 is 68.8 Å². The summed E-state index contributed by atoms with van der Waals surface area (Å²) in [5.74, 6) is 0.318. The predicted octanol–water partition coefficient (Wildman–Crippen LogP) is 3.91. The standard InChI is InChI=1S/C17H21BrN4OS.HI/c1-12-11-13(18)4-5-15(12)22-16(23)7-9-21-17(19)20-8-6-14-3-2-10-24-14;/h2-5,10-11H,6-9H2,1H3,(H,22,23)(H3,19,20,21);1H. The molecule has 0 saturated heterocycles. The maximum atomic E-state index is 12.0. The second kappa shape index (κ2) is 11.5. The Morgan fingerprint density at radius 3 is 2.84 bits per heavy atom. The Morgan fingerprint density at radius 1 is 1.36 bits per heavy atom. The Morgan fingerprint density at radius 2 is 2.16 bits per heavy atom. The highest BCUT2D eigenvalue weighted by molar-refractivity contribution is 14.0. The van der Waals surface area contributed by atoms with E-state index < -0.39 is 0 Å². The quantitative estimate of drug-likeness (QED) is 0.285. The number of carbonyl (C=O) groups is 1. The van der Waals surface area contributed by atoms with Crippen LogP contribution in [-0.2, 0) is 11.2 Å². The van der Waals surface area contributed by atoms with Crippen molar-refractivity contribution in [3.05, 3.63) is 50.6 Å². The van der Waals surface area contributed by atoms with Gasteiger partial charge in [0.05, 0.1) is 0 Å². The molecule has 0 unspecified atom stereocenters. The van der Waals surface area contributed by atoms with E-state index in [1.54, 1.807) is 11.3 Å². The average molecular weight is 537 g/mol. The molecule has 0 atom stereocenters. The smallest absolute Gasteiger partial charge is 0.226 e. The zero-order valence-corrected chi connectivity index (χ0v) is 18.7. The number of rotatable bonds is 7. The lowest BCUT2D eigenvalue weighted by Gasteiger charge is -2.09. The van der Waals surface area contributed by atoms with Gasteiger partial charge in [-0.25, -0.2) is 0 Å². The van der Waals surface area contributed by atoms with Crippen molar-refractivity contribution < 1.29 is 4.79 Å². The van der Waals surface area contributed by atoms with Gasteiger partial charge in [-0.05, 0) is 42.1 Å². The molecule has 8 heteroatoms. The third-order valence-electron chi connectivity index (χ3n) is 3.34. The van der Waals surface area contributed by atoms with Gasteiger partial charge in [0, 0.05) is 41.0 Å². The number of amides is 1. The minimum Gasteiger partial charge on any atom is -0.370 e. The molecule has 0 spiro atoms. The summed E-state index contributed by atoms with van der Waals surface area (Å²) in [6.45, 7) is 3.05. The molecule has 5 nitrogen and oxygen atoms in total. The van der Waals surface area contributed by atoms with Crippen LogP contribution in [0.3, 0.4) is 0 Å². The van der Waals surface area contributed by atoms with Crippen LogP contribution in [0.5, 0.6) is 0 Å². The van der Waals surface area contributed by atoms with Crippen molar-refractivity contribution in [2.75, 3.05) is 18.4 Å². The fraction of sp³-hybridized carbons (Fsp3) is 0.294. The number of carbonyl (C=O) groups excluding carboxylic acids is 1. The first kappa shape index (κ1) is 21.9. The van der Waals surface area contributed by atoms with Crippen LogP contribution >= 0.6 is 51.2 Å². The molecule has 1 aromatic carbocycles. The molecule has 0 aliphatic carbocycles. The van der Waals surface area contributed by atoms with E-state index in [9.17, 15) is 4.79 Å². The number of hydrogen-bond acceptors (Lipinski definition) is 3. The van der Waals surface area contributed by atoms with Crippen LogP contribution in [0.4, 0.5) is 5.69 Å². The number of nitrogens with two attached hydrogens (primary N) is 1. The van der Waals surface area contributed by atoms with Gasteiger partial charge in [0.25, 0.3) is 0 Å². The van der Waals surface area contributed by atoms with Gasteiger partial charge in [-0.1, -0.05) is 22.0 Å². The van der Waals surface area contributed by atoms with Gasteiger partial charge < -0.3 is 16.4 Å². The highest BCUT2D eigenvalue weighted by atomic mass is 127. The van der Waals surface area contributed by atoms with Gasteiger partial charge in [0.15, 0.2) is 5.96 Å². The lowest BCUT2D eigenvalue weighted by molar-refractivity contribution is -0.116. The van der Waals surface area contributed by atoms with Crippen molar-refractivity contribution in [1.29, 1.82) is 0 Å². The zero-order valence-electron chi connectivity index (χ0n) is 13.9. The van der Waals surface area contributed by atoms with Gasteiger partial charge in [-0.2, -0.15) is 0 Å². The fourth-order valence-electron chi connectivity index (χ4n) is 2.08. The number of aliphatic imine (C=N–C) groups is 1. The molecule has 25 heavy (non-hydrogen) atoms. The lowest BCUT2D eigenvalue weighted by Crippen LogP contribution is -2.34. The first-order valence-corrected chi connectivity index (χ1v) is 9.34. The molecule has 4 N–H and O–H groups in total. The maximum Gasteiger partial charge on any atom is 0.226 e. The molecular formula is C17H22BrIN4OS. The van der Waals surface area contributed by atoms with Crippen molar-refractivity contribution in [1.82, 2.24) is 5.32 Å². The van der Waals surface area contributed by atoms with Crippen LogP contribution in [0.25, 0.3) is 0 Å². The second-order valence-corrected chi connectivity index (χ2v) is 7.23. The molecule has 2 rings (SSSR count). The average Bonchev–Trinajstić information content (AvgIpc) is 3.03. The van der Waals surface area contributed by atoms with Crippen LogP contribution in [0.2, 0.25) is 0 Å². The second-order valence-electron chi connectivity index (χ2n) is 5.28. The van der Waals surface area contributed by atoms with Crippen molar-refractivity contribution in [2.45, 2.75) is 19.8 Å². The van der Waals surface area contributed by atoms with Gasteiger partial charge in [0.2, 0.25) is 5.91 Å². The molecular weight excluding hydrogens is 515 g/mol. The number of hydrogen-bond donors (Lipinski definition) is 3. The van der Waals surface area contributed by atoms with E-state index in [1.165, 1.54) is 4.88 Å². The summed E-state index contributed by atoms with van der Waals surface area (Å²) in [6.07, 6.45) is 1.21. The minimum atomic E-state index is -0.0562. The fourth-order valence-corrected chi connectivity index (χ4v) is 3.26. The molecule has 1 heterocycles. The molecule has 0 aliphatic heterocycles. The number of nitrogens with zero attached hydrogens (tertiary/aromatic N) is 1. The number of halogens is 2. The van der Waals surface area contributed by atoms with Crippen molar-refractivity contribution in [3.8, 4) is 0 Å². The van der Waals surface area contributed by atoms with Gasteiger partial charge in [-0.3, -0.25) is 9.79 Å². The van der Waals surface area contributed by atoms with E-state index in [-0.39, 0.29) is 29.9 Å². The summed E-state index contributed by atoms with van der Waals surface area (Å²) < 4.78 is 0.992. The molecule has 0 bridgehead atoms. The van der Waals surface area contributed by atoms with Gasteiger partial charge in [-0.15, -0.1) is 35.3 Å². The van der Waals surface area contributed by atoms with Gasteiger partial charge >= 0.3 is 0 Å². The van der Waals surface area contributed by atoms with E-state index in [4.69, 9.17) is 5.73 Å². The normalized spacial score (nSPS) is 10.9. The molecule has 0 fully saturated rings. The van der Waals surface area contributed by atoms with Crippen LogP contribution < -0.4 is 16.4 Å². The summed E-state index contributed by atoms with van der Waals surface area (Å²) in [5.41, 5.74) is 7.63. The predicted molar refractivity (Wildman–Crippen MR) is 120 cm³/mol. The van der Waals surface area contributed by atoms with Crippen molar-refractivity contribution in [2.24, 2.45) is 10.7 Å². The van der Waals surface area contributed by atoms with Crippen LogP contribution in [-0.4, -0.2) is 25.0 Å². The summed E-state index contributed by atoms with van der Waals surface area (Å²) >= 11 is 5.12. The van der Waals surface area contributed by atoms with Crippen LogP contribution in [0, 0.1) is 6.92 Å². The number of benzene rings is 1. The SMILES string of the molecule is Cc1cc(Br)ccc1NC(=O)CCNC(N)=NCCc1cccs1.I. The molecule has 1 aromatic heterocycles. The minimum absolute atomic E-state index is 0. The first-order chi connectivity index (χ1) is 11.5. The molecule has 0 saturated carbocycles. The monoisotopic (exact) mass is 536 g/mol. The molecule has 136 valence electrons. The van der Waals surface area contributed by atoms with Crippen LogP contribution in [0.1, 0.15) is 16.9 Å². The summed E-state index contributed by atoms with van der Waals surface area (Å²) in [5, 5.41) is 7.91. The number of thiophene rings is 1. The zero-order chi connectivity index (χ0) is 17.4. The highest BCUT2D eigenvalue weighted by Gasteiger charge is 2.05. The van der Waals surface area contributed by atoms with Crippen molar-refractivity contribution in [3.63, 3.8) is 0 Å². The molecule has 2 aromatic rings. The first-order valence-electron chi connectivity index (χ1n) is 7.67. The maximum absolute atomic E-state index is 12.0. The third-order valence-corrected chi connectivity index (χ3v) is 4.77. The summed E-state index contributed by atoms with van der Waals surface area (Å²) in [4.78, 5) is 17.5. The largest absolute Gasteiger partial charge is 0.370 e. The summed E-state index contributed by atoms with van der Waals surface area (Å²) in [6, 6.07) is 9.85. The Balaban J connectivity index is 0.00000312. The van der Waals surface area contributed by atoms with E-state index >= 15 is 0 Å². The summed E-state index contributed by atoms with van der Waals surface area (Å²) in [7, 11) is 0. The number of guanidine groups is 1. The number of anilines is 1. The Bertz CT molecular complexity index is 707. The Labute approximate surface area is 177 Å². The topological polar surface area (TPSA) is 79.5 Å². The van der Waals surface area contributed by atoms with E-state index in [0.717, 1.165) is 22.1 Å². The van der Waals surface area contributed by atoms with E-state index in [1.807, 2.05) is 36.6 Å².